The van der Waals surface area contributed by atoms with E-state index in [1.807, 2.05) is 6.07 Å². The monoisotopic (exact) mass is 269 g/mol. The van der Waals surface area contributed by atoms with Crippen molar-refractivity contribution in [1.82, 2.24) is 15.0 Å². The summed E-state index contributed by atoms with van der Waals surface area (Å²) in [6.07, 6.45) is 3.44. The van der Waals surface area contributed by atoms with Crippen LogP contribution in [0.15, 0.2) is 42.0 Å². The average Bonchev–Trinajstić information content (AvgIpc) is 3.05. The van der Waals surface area contributed by atoms with Gasteiger partial charge in [-0.1, -0.05) is 6.07 Å². The van der Waals surface area contributed by atoms with Gasteiger partial charge in [-0.15, -0.1) is 22.7 Å². The molecule has 0 unspecified atom stereocenters. The summed E-state index contributed by atoms with van der Waals surface area (Å²) in [6, 6.07) is 8.28. The first-order chi connectivity index (χ1) is 8.92. The molecule has 18 heavy (non-hydrogen) atoms. The van der Waals surface area contributed by atoms with Crippen molar-refractivity contribution in [3.05, 3.63) is 42.0 Å². The van der Waals surface area contributed by atoms with E-state index in [1.54, 1.807) is 35.1 Å². The molecule has 0 radical (unpaired) electrons. The highest BCUT2D eigenvalue weighted by Crippen LogP contribution is 2.32. The van der Waals surface area contributed by atoms with Crippen LogP contribution in [0.3, 0.4) is 0 Å². The van der Waals surface area contributed by atoms with Gasteiger partial charge in [-0.25, -0.2) is 15.0 Å². The maximum atomic E-state index is 4.72. The molecule has 4 heterocycles. The Kier molecular flexibility index (Phi) is 2.15. The minimum atomic E-state index is 0.899. The van der Waals surface area contributed by atoms with Gasteiger partial charge in [0.2, 0.25) is 0 Å². The zero-order chi connectivity index (χ0) is 11.9. The van der Waals surface area contributed by atoms with Gasteiger partial charge in [-0.3, -0.25) is 0 Å². The van der Waals surface area contributed by atoms with Gasteiger partial charge >= 0.3 is 0 Å². The predicted molar refractivity (Wildman–Crippen MR) is 76.0 cm³/mol. The Balaban J connectivity index is 2.07. The molecule has 4 aromatic heterocycles. The summed E-state index contributed by atoms with van der Waals surface area (Å²) in [5.74, 6) is 0. The Hall–Kier alpha value is -1.85. The number of nitrogens with zero attached hydrogens (tertiary/aromatic N) is 3. The minimum Gasteiger partial charge on any atom is -0.250 e. The number of hydrogen-bond acceptors (Lipinski definition) is 5. The second-order valence-corrected chi connectivity index (χ2v) is 5.81. The summed E-state index contributed by atoms with van der Waals surface area (Å²) in [5, 5.41) is 2.06. The summed E-state index contributed by atoms with van der Waals surface area (Å²) < 4.78 is 1.14. The number of thiophene rings is 2. The van der Waals surface area contributed by atoms with E-state index in [0.29, 0.717) is 0 Å². The molecule has 0 aliphatic rings. The normalized spacial score (nSPS) is 11.3. The lowest BCUT2D eigenvalue weighted by molar-refractivity contribution is 1.31. The van der Waals surface area contributed by atoms with Crippen LogP contribution >= 0.6 is 22.7 Å². The van der Waals surface area contributed by atoms with E-state index in [9.17, 15) is 0 Å². The Bertz CT molecular complexity index is 834. The molecule has 5 heteroatoms. The van der Waals surface area contributed by atoms with Gasteiger partial charge in [-0.2, -0.15) is 0 Å². The van der Waals surface area contributed by atoms with Crippen molar-refractivity contribution in [2.45, 2.75) is 0 Å². The van der Waals surface area contributed by atoms with Gasteiger partial charge < -0.3 is 0 Å². The second-order valence-electron chi connectivity index (χ2n) is 3.83. The molecule has 0 aliphatic heterocycles. The van der Waals surface area contributed by atoms with E-state index in [4.69, 9.17) is 4.98 Å². The number of fused-ring (bicyclic) bond motifs is 3. The third kappa shape index (κ3) is 1.45. The fourth-order valence-corrected chi connectivity index (χ4v) is 3.56. The molecule has 86 valence electrons. The van der Waals surface area contributed by atoms with Crippen molar-refractivity contribution in [3.63, 3.8) is 0 Å². The topological polar surface area (TPSA) is 38.7 Å². The predicted octanol–water partition coefficient (Wildman–Crippen LogP) is 3.97. The van der Waals surface area contributed by atoms with Crippen LogP contribution in [0, 0.1) is 0 Å². The van der Waals surface area contributed by atoms with Crippen LogP contribution in [-0.4, -0.2) is 15.0 Å². The van der Waals surface area contributed by atoms with Crippen LogP contribution < -0.4 is 0 Å². The summed E-state index contributed by atoms with van der Waals surface area (Å²) in [4.78, 5) is 15.6. The minimum absolute atomic E-state index is 0.899. The molecule has 4 aromatic rings. The Morgan fingerprint density at radius 3 is 2.78 bits per heavy atom. The summed E-state index contributed by atoms with van der Waals surface area (Å²) in [6.45, 7) is 0. The Morgan fingerprint density at radius 1 is 0.944 bits per heavy atom. The summed E-state index contributed by atoms with van der Waals surface area (Å²) >= 11 is 3.33. The van der Waals surface area contributed by atoms with Gasteiger partial charge in [-0.05, 0) is 23.6 Å². The Morgan fingerprint density at radius 2 is 1.89 bits per heavy atom. The van der Waals surface area contributed by atoms with Crippen molar-refractivity contribution in [2.24, 2.45) is 0 Å². The van der Waals surface area contributed by atoms with E-state index in [0.717, 1.165) is 26.3 Å². The van der Waals surface area contributed by atoms with Crippen LogP contribution in [-0.2, 0) is 0 Å². The van der Waals surface area contributed by atoms with Crippen LogP contribution in [0.5, 0.6) is 0 Å². The van der Waals surface area contributed by atoms with Crippen LogP contribution in [0.25, 0.3) is 31.1 Å². The molecular formula is C13H7N3S2. The van der Waals surface area contributed by atoms with Gasteiger partial charge in [0.05, 0.1) is 15.3 Å². The number of pyridine rings is 1. The van der Waals surface area contributed by atoms with E-state index < -0.39 is 0 Å². The molecule has 4 rings (SSSR count). The highest BCUT2D eigenvalue weighted by molar-refractivity contribution is 7.25. The first-order valence-corrected chi connectivity index (χ1v) is 7.15. The zero-order valence-electron chi connectivity index (χ0n) is 9.20. The van der Waals surface area contributed by atoms with Crippen molar-refractivity contribution in [2.75, 3.05) is 0 Å². The number of hydrogen-bond donors (Lipinski definition) is 0. The van der Waals surface area contributed by atoms with Crippen LogP contribution in [0.4, 0.5) is 0 Å². The van der Waals surface area contributed by atoms with Crippen LogP contribution in [0.1, 0.15) is 0 Å². The van der Waals surface area contributed by atoms with Crippen LogP contribution in [0.2, 0.25) is 0 Å². The molecule has 0 aromatic carbocycles. The van der Waals surface area contributed by atoms with Crippen molar-refractivity contribution in [1.29, 1.82) is 0 Å². The van der Waals surface area contributed by atoms with E-state index in [1.165, 1.54) is 4.88 Å². The summed E-state index contributed by atoms with van der Waals surface area (Å²) in [7, 11) is 0. The van der Waals surface area contributed by atoms with Gasteiger partial charge in [0.1, 0.15) is 15.9 Å². The molecule has 0 atom stereocenters. The van der Waals surface area contributed by atoms with E-state index in [-0.39, 0.29) is 0 Å². The fourth-order valence-electron chi connectivity index (χ4n) is 1.93. The first-order valence-electron chi connectivity index (χ1n) is 5.46. The maximum absolute atomic E-state index is 4.72. The molecule has 0 saturated carbocycles. The molecule has 0 saturated heterocycles. The standard InChI is InChI=1S/C13H7N3S2/c1-2-9(17-7-1)8-3-4-10-11(16-8)12-13(18-10)15-6-5-14-12/h1-7H. The highest BCUT2D eigenvalue weighted by Gasteiger charge is 2.10. The molecule has 0 aliphatic carbocycles. The van der Waals surface area contributed by atoms with E-state index >= 15 is 0 Å². The smallest absolute Gasteiger partial charge is 0.144 e. The second kappa shape index (κ2) is 3.83. The third-order valence-corrected chi connectivity index (χ3v) is 4.66. The SMILES string of the molecule is c1csc(-c2ccc3sc4nccnc4c3n2)c1. The highest BCUT2D eigenvalue weighted by atomic mass is 32.1. The molecular weight excluding hydrogens is 262 g/mol. The lowest BCUT2D eigenvalue weighted by atomic mass is 10.3. The maximum Gasteiger partial charge on any atom is 0.144 e. The lowest BCUT2D eigenvalue weighted by Gasteiger charge is -1.96. The quantitative estimate of drug-likeness (QED) is 0.525. The largest absolute Gasteiger partial charge is 0.250 e. The van der Waals surface area contributed by atoms with Crippen molar-refractivity contribution in [3.8, 4) is 10.6 Å². The first kappa shape index (κ1) is 10.1. The molecule has 3 nitrogen and oxygen atoms in total. The number of rotatable bonds is 1. The van der Waals surface area contributed by atoms with Crippen molar-refractivity contribution >= 4 is 43.2 Å². The van der Waals surface area contributed by atoms with Crippen molar-refractivity contribution < 1.29 is 0 Å². The van der Waals surface area contributed by atoms with Gasteiger partial charge in [0.25, 0.3) is 0 Å². The molecule has 0 amide bonds. The molecule has 0 bridgehead atoms. The Labute approximate surface area is 111 Å². The zero-order valence-corrected chi connectivity index (χ0v) is 10.8. The lowest BCUT2D eigenvalue weighted by Crippen LogP contribution is -1.82. The molecule has 0 spiro atoms. The number of aromatic nitrogens is 3. The van der Waals surface area contributed by atoms with E-state index in [2.05, 4.69) is 33.5 Å². The van der Waals surface area contributed by atoms with Gasteiger partial charge in [0.15, 0.2) is 0 Å². The van der Waals surface area contributed by atoms with Gasteiger partial charge in [0, 0.05) is 12.4 Å². The molecule has 0 N–H and O–H groups in total. The molecule has 0 fully saturated rings. The third-order valence-electron chi connectivity index (χ3n) is 2.73. The average molecular weight is 269 g/mol. The summed E-state index contributed by atoms with van der Waals surface area (Å²) in [5.41, 5.74) is 2.85. The fraction of sp³-hybridized carbons (Fsp3) is 0.